The Balaban J connectivity index is 1.47. The summed E-state index contributed by atoms with van der Waals surface area (Å²) < 4.78 is 5.88. The van der Waals surface area contributed by atoms with Crippen molar-refractivity contribution in [1.29, 1.82) is 5.26 Å². The summed E-state index contributed by atoms with van der Waals surface area (Å²) >= 11 is 0. The summed E-state index contributed by atoms with van der Waals surface area (Å²) in [6.07, 6.45) is 7.70. The predicted molar refractivity (Wildman–Crippen MR) is 85.7 cm³/mol. The summed E-state index contributed by atoms with van der Waals surface area (Å²) in [4.78, 5) is 16.3. The maximum Gasteiger partial charge on any atom is 0.231 e. The van der Waals surface area contributed by atoms with Gasteiger partial charge in [0, 0.05) is 18.2 Å². The number of hydrogen-bond donors (Lipinski definition) is 1. The number of rotatable bonds is 5. The van der Waals surface area contributed by atoms with Crippen molar-refractivity contribution in [1.82, 2.24) is 10.3 Å². The molecule has 1 aromatic heterocycles. The number of nitrogens with zero attached hydrogens (tertiary/aromatic N) is 2. The highest BCUT2D eigenvalue weighted by atomic mass is 16.5. The zero-order chi connectivity index (χ0) is 16.2. The van der Waals surface area contributed by atoms with Gasteiger partial charge >= 0.3 is 0 Å². The molecule has 5 heteroatoms. The molecule has 0 saturated heterocycles. The molecule has 1 unspecified atom stereocenters. The molecule has 0 aromatic carbocycles. The first-order chi connectivity index (χ1) is 11.2. The van der Waals surface area contributed by atoms with Crippen LogP contribution in [0.5, 0.6) is 5.88 Å². The lowest BCUT2D eigenvalue weighted by atomic mass is 9.92. The molecule has 1 amide bonds. The number of nitriles is 1. The number of pyridine rings is 1. The van der Waals surface area contributed by atoms with E-state index in [1.54, 1.807) is 18.3 Å². The molecule has 1 aromatic rings. The molecule has 1 heterocycles. The van der Waals surface area contributed by atoms with Crippen LogP contribution in [-0.4, -0.2) is 23.0 Å². The standard InChI is InChI=1S/C18H23N3O2/c1-12(13-4-5-13)17(22)21-15-6-8-16(9-7-15)23-18-14(11-19)3-2-10-20-18/h2-3,10,12-13,15-16H,4-9H2,1H3,(H,21,22). The average Bonchev–Trinajstić information content (AvgIpc) is 3.41. The highest BCUT2D eigenvalue weighted by Gasteiger charge is 2.34. The zero-order valence-corrected chi connectivity index (χ0v) is 13.5. The van der Waals surface area contributed by atoms with E-state index in [0.29, 0.717) is 17.4 Å². The fourth-order valence-electron chi connectivity index (χ4n) is 3.20. The Kier molecular flexibility index (Phi) is 4.80. The SMILES string of the molecule is CC(C(=O)NC1CCC(Oc2ncccc2C#N)CC1)C1CC1. The fraction of sp³-hybridized carbons (Fsp3) is 0.611. The Morgan fingerprint density at radius 1 is 1.35 bits per heavy atom. The van der Waals surface area contributed by atoms with Crippen LogP contribution in [0.4, 0.5) is 0 Å². The summed E-state index contributed by atoms with van der Waals surface area (Å²) in [6, 6.07) is 5.81. The maximum atomic E-state index is 12.2. The summed E-state index contributed by atoms with van der Waals surface area (Å²) in [5.74, 6) is 1.37. The Morgan fingerprint density at radius 2 is 2.09 bits per heavy atom. The van der Waals surface area contributed by atoms with E-state index >= 15 is 0 Å². The van der Waals surface area contributed by atoms with E-state index in [2.05, 4.69) is 16.4 Å². The van der Waals surface area contributed by atoms with E-state index in [-0.39, 0.29) is 24.0 Å². The molecule has 1 atom stereocenters. The molecule has 2 aliphatic rings. The molecule has 2 fully saturated rings. The van der Waals surface area contributed by atoms with Crippen molar-refractivity contribution < 1.29 is 9.53 Å². The molecule has 1 N–H and O–H groups in total. The molecule has 0 radical (unpaired) electrons. The molecule has 0 aliphatic heterocycles. The van der Waals surface area contributed by atoms with Crippen LogP contribution in [0.15, 0.2) is 18.3 Å². The van der Waals surface area contributed by atoms with Crippen molar-refractivity contribution >= 4 is 5.91 Å². The van der Waals surface area contributed by atoms with Crippen LogP contribution in [0, 0.1) is 23.2 Å². The topological polar surface area (TPSA) is 75.0 Å². The fourth-order valence-corrected chi connectivity index (χ4v) is 3.20. The third-order valence-electron chi connectivity index (χ3n) is 4.93. The van der Waals surface area contributed by atoms with E-state index in [9.17, 15) is 4.79 Å². The molecular formula is C18H23N3O2. The van der Waals surface area contributed by atoms with Crippen LogP contribution in [0.3, 0.4) is 0 Å². The molecule has 2 saturated carbocycles. The number of carbonyl (C=O) groups excluding carboxylic acids is 1. The van der Waals surface area contributed by atoms with Crippen LogP contribution in [0.1, 0.15) is 51.0 Å². The number of nitrogens with one attached hydrogen (secondary N) is 1. The molecule has 0 spiro atoms. The van der Waals surface area contributed by atoms with Crippen LogP contribution < -0.4 is 10.1 Å². The zero-order valence-electron chi connectivity index (χ0n) is 13.5. The second kappa shape index (κ2) is 6.99. The Labute approximate surface area is 137 Å². The van der Waals surface area contributed by atoms with Gasteiger partial charge in [-0.15, -0.1) is 0 Å². The summed E-state index contributed by atoms with van der Waals surface area (Å²) in [5, 5.41) is 12.3. The van der Waals surface area contributed by atoms with Crippen LogP contribution in [0.2, 0.25) is 0 Å². The molecule has 5 nitrogen and oxygen atoms in total. The monoisotopic (exact) mass is 313 g/mol. The lowest BCUT2D eigenvalue weighted by Gasteiger charge is -2.30. The quantitative estimate of drug-likeness (QED) is 0.907. The highest BCUT2D eigenvalue weighted by molar-refractivity contribution is 5.79. The highest BCUT2D eigenvalue weighted by Crippen LogP contribution is 2.36. The third kappa shape index (κ3) is 4.01. The van der Waals surface area contributed by atoms with Crippen molar-refractivity contribution in [3.05, 3.63) is 23.9 Å². The first kappa shape index (κ1) is 15.8. The lowest BCUT2D eigenvalue weighted by molar-refractivity contribution is -0.126. The Bertz CT molecular complexity index is 599. The molecule has 3 rings (SSSR count). The predicted octanol–water partition coefficient (Wildman–Crippen LogP) is 2.81. The summed E-state index contributed by atoms with van der Waals surface area (Å²) in [5.41, 5.74) is 0.473. The maximum absolute atomic E-state index is 12.2. The first-order valence-electron chi connectivity index (χ1n) is 8.49. The van der Waals surface area contributed by atoms with E-state index in [0.717, 1.165) is 25.7 Å². The van der Waals surface area contributed by atoms with Gasteiger partial charge in [0.2, 0.25) is 11.8 Å². The van der Waals surface area contributed by atoms with Gasteiger partial charge in [-0.1, -0.05) is 6.92 Å². The molecule has 23 heavy (non-hydrogen) atoms. The average molecular weight is 313 g/mol. The summed E-state index contributed by atoms with van der Waals surface area (Å²) in [6.45, 7) is 2.03. The van der Waals surface area contributed by atoms with E-state index in [1.165, 1.54) is 12.8 Å². The Hall–Kier alpha value is -2.09. The number of aromatic nitrogens is 1. The number of hydrogen-bond acceptors (Lipinski definition) is 4. The minimum Gasteiger partial charge on any atom is -0.473 e. The normalized spacial score (nSPS) is 25.2. The van der Waals surface area contributed by atoms with E-state index < -0.39 is 0 Å². The van der Waals surface area contributed by atoms with E-state index in [4.69, 9.17) is 10.00 Å². The summed E-state index contributed by atoms with van der Waals surface area (Å²) in [7, 11) is 0. The third-order valence-corrected chi connectivity index (χ3v) is 4.93. The van der Waals surface area contributed by atoms with E-state index in [1.807, 2.05) is 6.92 Å². The van der Waals surface area contributed by atoms with Crippen LogP contribution >= 0.6 is 0 Å². The van der Waals surface area contributed by atoms with Gasteiger partial charge in [-0.25, -0.2) is 4.98 Å². The van der Waals surface area contributed by atoms with Gasteiger partial charge in [0.05, 0.1) is 0 Å². The number of ether oxygens (including phenoxy) is 1. The molecule has 122 valence electrons. The second-order valence-corrected chi connectivity index (χ2v) is 6.69. The molecule has 2 aliphatic carbocycles. The smallest absolute Gasteiger partial charge is 0.231 e. The molecule has 0 bridgehead atoms. The van der Waals surface area contributed by atoms with Crippen LogP contribution in [-0.2, 0) is 4.79 Å². The lowest BCUT2D eigenvalue weighted by Crippen LogP contribution is -2.42. The van der Waals surface area contributed by atoms with Gasteiger partial charge in [0.1, 0.15) is 17.7 Å². The van der Waals surface area contributed by atoms with Crippen molar-refractivity contribution in [2.45, 2.75) is 57.6 Å². The van der Waals surface area contributed by atoms with Gasteiger partial charge in [-0.2, -0.15) is 5.26 Å². The van der Waals surface area contributed by atoms with Crippen molar-refractivity contribution in [3.63, 3.8) is 0 Å². The van der Waals surface area contributed by atoms with Crippen molar-refractivity contribution in [2.75, 3.05) is 0 Å². The second-order valence-electron chi connectivity index (χ2n) is 6.69. The van der Waals surface area contributed by atoms with Crippen LogP contribution in [0.25, 0.3) is 0 Å². The number of carbonyl (C=O) groups is 1. The van der Waals surface area contributed by atoms with Gasteiger partial charge in [0.15, 0.2) is 0 Å². The number of amides is 1. The minimum atomic E-state index is 0.0750. The van der Waals surface area contributed by atoms with Gasteiger partial charge in [-0.05, 0) is 56.6 Å². The van der Waals surface area contributed by atoms with Gasteiger partial charge in [0.25, 0.3) is 0 Å². The largest absolute Gasteiger partial charge is 0.473 e. The first-order valence-corrected chi connectivity index (χ1v) is 8.49. The minimum absolute atomic E-state index is 0.0750. The van der Waals surface area contributed by atoms with Crippen molar-refractivity contribution in [2.24, 2.45) is 11.8 Å². The van der Waals surface area contributed by atoms with Gasteiger partial charge in [-0.3, -0.25) is 4.79 Å². The van der Waals surface area contributed by atoms with Crippen molar-refractivity contribution in [3.8, 4) is 11.9 Å². The molecular weight excluding hydrogens is 290 g/mol. The van der Waals surface area contributed by atoms with Gasteiger partial charge < -0.3 is 10.1 Å². The Morgan fingerprint density at radius 3 is 2.74 bits per heavy atom.